The van der Waals surface area contributed by atoms with E-state index in [-0.39, 0.29) is 11.8 Å². The molecule has 0 radical (unpaired) electrons. The molecule has 0 saturated carbocycles. The first-order chi connectivity index (χ1) is 12.6. The Bertz CT molecular complexity index is 771. The second-order valence-electron chi connectivity index (χ2n) is 6.48. The molecule has 26 heavy (non-hydrogen) atoms. The molecule has 0 spiro atoms. The van der Waals surface area contributed by atoms with Crippen LogP contribution in [0.4, 0.5) is 0 Å². The van der Waals surface area contributed by atoms with E-state index >= 15 is 0 Å². The maximum atomic E-state index is 12.3. The van der Waals surface area contributed by atoms with Gasteiger partial charge in [0.15, 0.2) is 5.82 Å². The molecule has 2 aromatic rings. The fourth-order valence-corrected chi connectivity index (χ4v) is 3.01. The smallest absolute Gasteiger partial charge is 0.289 e. The summed E-state index contributed by atoms with van der Waals surface area (Å²) in [6.07, 6.45) is 1.66. The number of fused-ring (bicyclic) bond motifs is 1. The van der Waals surface area contributed by atoms with Gasteiger partial charge in [-0.25, -0.2) is 4.98 Å². The standard InChI is InChI=1S/C19H25N5O2/c1-3-23(13-15-7-5-4-6-8-15)10-9-20-18(25)16-14-24-12-11-22(2)19(26)17(24)21-16/h4-8,14H,3,9-13H2,1-2H3,(H,20,25). The Hall–Kier alpha value is -2.67. The third-order valence-electron chi connectivity index (χ3n) is 4.63. The van der Waals surface area contributed by atoms with Gasteiger partial charge < -0.3 is 14.8 Å². The van der Waals surface area contributed by atoms with Crippen LogP contribution in [-0.2, 0) is 13.1 Å². The molecule has 1 aromatic heterocycles. The van der Waals surface area contributed by atoms with Crippen LogP contribution in [0.25, 0.3) is 0 Å². The molecular formula is C19H25N5O2. The molecule has 0 bridgehead atoms. The molecule has 1 N–H and O–H groups in total. The predicted octanol–water partition coefficient (Wildman–Crippen LogP) is 1.22. The minimum Gasteiger partial charge on any atom is -0.349 e. The van der Waals surface area contributed by atoms with Crippen LogP contribution in [0.5, 0.6) is 0 Å². The van der Waals surface area contributed by atoms with E-state index < -0.39 is 0 Å². The van der Waals surface area contributed by atoms with Gasteiger partial charge in [0.1, 0.15) is 5.69 Å². The highest BCUT2D eigenvalue weighted by molar-refractivity contribution is 5.96. The van der Waals surface area contributed by atoms with Crippen molar-refractivity contribution in [2.24, 2.45) is 0 Å². The average Bonchev–Trinajstić information content (AvgIpc) is 3.10. The van der Waals surface area contributed by atoms with Crippen molar-refractivity contribution >= 4 is 11.8 Å². The summed E-state index contributed by atoms with van der Waals surface area (Å²) in [5.41, 5.74) is 1.56. The summed E-state index contributed by atoms with van der Waals surface area (Å²) in [4.78, 5) is 32.5. The van der Waals surface area contributed by atoms with E-state index in [1.807, 2.05) is 18.2 Å². The number of amides is 2. The molecule has 3 rings (SSSR count). The van der Waals surface area contributed by atoms with Gasteiger partial charge >= 0.3 is 0 Å². The molecule has 0 atom stereocenters. The highest BCUT2D eigenvalue weighted by atomic mass is 16.2. The molecule has 1 aliphatic rings. The second kappa shape index (κ2) is 8.14. The van der Waals surface area contributed by atoms with E-state index in [4.69, 9.17) is 0 Å². The maximum Gasteiger partial charge on any atom is 0.289 e. The maximum absolute atomic E-state index is 12.3. The average molecular weight is 355 g/mol. The molecule has 7 heteroatoms. The Balaban J connectivity index is 1.52. The Morgan fingerprint density at radius 1 is 1.27 bits per heavy atom. The number of benzene rings is 1. The lowest BCUT2D eigenvalue weighted by Crippen LogP contribution is -2.37. The molecule has 1 aromatic carbocycles. The molecule has 2 heterocycles. The van der Waals surface area contributed by atoms with Crippen LogP contribution >= 0.6 is 0 Å². The molecule has 2 amide bonds. The summed E-state index contributed by atoms with van der Waals surface area (Å²) < 4.78 is 1.75. The van der Waals surface area contributed by atoms with Crippen molar-refractivity contribution in [3.8, 4) is 0 Å². The fraction of sp³-hybridized carbons (Fsp3) is 0.421. The van der Waals surface area contributed by atoms with Gasteiger partial charge in [-0.15, -0.1) is 0 Å². The fourth-order valence-electron chi connectivity index (χ4n) is 3.01. The van der Waals surface area contributed by atoms with Crippen LogP contribution < -0.4 is 5.32 Å². The molecule has 7 nitrogen and oxygen atoms in total. The molecule has 0 saturated heterocycles. The van der Waals surface area contributed by atoms with Crippen LogP contribution in [0.15, 0.2) is 36.5 Å². The van der Waals surface area contributed by atoms with Crippen molar-refractivity contribution < 1.29 is 9.59 Å². The molecule has 1 aliphatic heterocycles. The van der Waals surface area contributed by atoms with Crippen molar-refractivity contribution in [1.82, 2.24) is 24.7 Å². The SMILES string of the molecule is CCN(CCNC(=O)c1cn2c(n1)C(=O)N(C)CC2)Cc1ccccc1. The van der Waals surface area contributed by atoms with E-state index in [0.29, 0.717) is 31.2 Å². The molecular weight excluding hydrogens is 330 g/mol. The quantitative estimate of drug-likeness (QED) is 0.811. The molecule has 0 unspecified atom stereocenters. The monoisotopic (exact) mass is 355 g/mol. The van der Waals surface area contributed by atoms with Gasteiger partial charge in [0.2, 0.25) is 0 Å². The van der Waals surface area contributed by atoms with Gasteiger partial charge in [-0.3, -0.25) is 14.5 Å². The number of carbonyl (C=O) groups excluding carboxylic acids is 2. The van der Waals surface area contributed by atoms with Gasteiger partial charge in [-0.05, 0) is 12.1 Å². The van der Waals surface area contributed by atoms with Gasteiger partial charge in [-0.1, -0.05) is 37.3 Å². The summed E-state index contributed by atoms with van der Waals surface area (Å²) in [5.74, 6) is -0.0448. The number of likely N-dealkylation sites (N-methyl/N-ethyl adjacent to an activating group) is 2. The number of carbonyl (C=O) groups is 2. The van der Waals surface area contributed by atoms with Gasteiger partial charge in [0.05, 0.1) is 0 Å². The van der Waals surface area contributed by atoms with Gasteiger partial charge in [0, 0.05) is 46.0 Å². The molecule has 0 fully saturated rings. The summed E-state index contributed by atoms with van der Waals surface area (Å²) >= 11 is 0. The normalized spacial score (nSPS) is 13.8. The van der Waals surface area contributed by atoms with Crippen molar-refractivity contribution in [3.05, 3.63) is 53.6 Å². The largest absolute Gasteiger partial charge is 0.349 e. The van der Waals surface area contributed by atoms with E-state index in [1.165, 1.54) is 5.56 Å². The zero-order valence-corrected chi connectivity index (χ0v) is 15.3. The van der Waals surface area contributed by atoms with E-state index in [1.54, 1.807) is 22.7 Å². The summed E-state index contributed by atoms with van der Waals surface area (Å²) in [6.45, 7) is 6.46. The minimum atomic E-state index is -0.238. The Morgan fingerprint density at radius 3 is 2.77 bits per heavy atom. The van der Waals surface area contributed by atoms with Crippen molar-refractivity contribution in [2.45, 2.75) is 20.0 Å². The first kappa shape index (κ1) is 18.1. The van der Waals surface area contributed by atoms with Crippen LogP contribution in [0.2, 0.25) is 0 Å². The number of aromatic nitrogens is 2. The number of imidazole rings is 1. The van der Waals surface area contributed by atoms with Crippen LogP contribution in [-0.4, -0.2) is 64.4 Å². The lowest BCUT2D eigenvalue weighted by molar-refractivity contribution is 0.0741. The zero-order valence-electron chi connectivity index (χ0n) is 15.3. The highest BCUT2D eigenvalue weighted by Crippen LogP contribution is 2.11. The Labute approximate surface area is 153 Å². The summed E-state index contributed by atoms with van der Waals surface area (Å²) in [5, 5.41) is 2.90. The van der Waals surface area contributed by atoms with Gasteiger partial charge in [-0.2, -0.15) is 0 Å². The first-order valence-electron chi connectivity index (χ1n) is 8.95. The van der Waals surface area contributed by atoms with Gasteiger partial charge in [0.25, 0.3) is 11.8 Å². The third-order valence-corrected chi connectivity index (χ3v) is 4.63. The molecule has 0 aliphatic carbocycles. The van der Waals surface area contributed by atoms with Crippen LogP contribution in [0.3, 0.4) is 0 Å². The van der Waals surface area contributed by atoms with Crippen molar-refractivity contribution in [1.29, 1.82) is 0 Å². The van der Waals surface area contributed by atoms with Crippen molar-refractivity contribution in [2.75, 3.05) is 33.2 Å². The summed E-state index contributed by atoms with van der Waals surface area (Å²) in [7, 11) is 1.74. The van der Waals surface area contributed by atoms with Crippen LogP contribution in [0.1, 0.15) is 33.6 Å². The number of hydrogen-bond donors (Lipinski definition) is 1. The lowest BCUT2D eigenvalue weighted by Gasteiger charge is -2.22. The van der Waals surface area contributed by atoms with E-state index in [2.05, 4.69) is 34.3 Å². The minimum absolute atomic E-state index is 0.143. The number of nitrogens with zero attached hydrogens (tertiary/aromatic N) is 4. The highest BCUT2D eigenvalue weighted by Gasteiger charge is 2.25. The van der Waals surface area contributed by atoms with E-state index in [0.717, 1.165) is 19.6 Å². The lowest BCUT2D eigenvalue weighted by atomic mass is 10.2. The van der Waals surface area contributed by atoms with Crippen molar-refractivity contribution in [3.63, 3.8) is 0 Å². The Morgan fingerprint density at radius 2 is 2.04 bits per heavy atom. The van der Waals surface area contributed by atoms with Crippen LogP contribution in [0, 0.1) is 0 Å². The molecule has 138 valence electrons. The predicted molar refractivity (Wildman–Crippen MR) is 98.9 cm³/mol. The topological polar surface area (TPSA) is 70.5 Å². The number of rotatable bonds is 7. The summed E-state index contributed by atoms with van der Waals surface area (Å²) in [6, 6.07) is 10.3. The van der Waals surface area contributed by atoms with E-state index in [9.17, 15) is 9.59 Å². The third kappa shape index (κ3) is 4.11. The second-order valence-corrected chi connectivity index (χ2v) is 6.48. The Kier molecular flexibility index (Phi) is 5.68. The number of hydrogen-bond acceptors (Lipinski definition) is 4. The zero-order chi connectivity index (χ0) is 18.5. The number of nitrogens with one attached hydrogen (secondary N) is 1. The first-order valence-corrected chi connectivity index (χ1v) is 8.95.